The van der Waals surface area contributed by atoms with E-state index in [1.807, 2.05) is 6.20 Å². The molecule has 0 unspecified atom stereocenters. The Morgan fingerprint density at radius 2 is 2.38 bits per heavy atom. The minimum absolute atomic E-state index is 0.311. The molecule has 0 aliphatic rings. The number of alkyl halides is 1. The lowest BCUT2D eigenvalue weighted by molar-refractivity contribution is 0.471. The topological polar surface area (TPSA) is 42.7 Å². The van der Waals surface area contributed by atoms with Crippen molar-refractivity contribution in [3.8, 4) is 0 Å². The fourth-order valence-corrected chi connectivity index (χ4v) is 1.43. The van der Waals surface area contributed by atoms with Gasteiger partial charge in [0.25, 0.3) is 0 Å². The fourth-order valence-electron chi connectivity index (χ4n) is 1.43. The molecule has 0 saturated carbocycles. The second-order valence-electron chi connectivity index (χ2n) is 4.10. The second-order valence-corrected chi connectivity index (χ2v) is 4.10. The molecule has 0 spiro atoms. The van der Waals surface area contributed by atoms with E-state index in [-0.39, 0.29) is 6.67 Å². The molecule has 0 aromatic carbocycles. The first-order valence-corrected chi connectivity index (χ1v) is 5.51. The van der Waals surface area contributed by atoms with Crippen LogP contribution >= 0.6 is 0 Å². The van der Waals surface area contributed by atoms with E-state index in [1.165, 1.54) is 0 Å². The van der Waals surface area contributed by atoms with Crippen LogP contribution in [-0.4, -0.2) is 27.7 Å². The highest BCUT2D eigenvalue weighted by Crippen LogP contribution is 2.00. The molecular weight excluding hydrogens is 206 g/mol. The molecule has 90 valence electrons. The molecule has 0 saturated heterocycles. The monoisotopic (exact) mass is 225 g/mol. The third kappa shape index (κ3) is 4.42. The average molecular weight is 225 g/mol. The first-order valence-electron chi connectivity index (χ1n) is 5.51. The molecule has 0 bridgehead atoms. The minimum atomic E-state index is -0.311. The molecule has 0 aliphatic carbocycles. The van der Waals surface area contributed by atoms with Crippen LogP contribution in [0.1, 0.15) is 26.0 Å². The average Bonchev–Trinajstić information content (AvgIpc) is 2.61. The van der Waals surface area contributed by atoms with E-state index in [1.54, 1.807) is 4.68 Å². The summed E-state index contributed by atoms with van der Waals surface area (Å²) >= 11 is 0. The number of hydrogen-bond donors (Lipinski definition) is 1. The van der Waals surface area contributed by atoms with Gasteiger partial charge in [-0.25, -0.2) is 4.68 Å². The van der Waals surface area contributed by atoms with Gasteiger partial charge in [0.1, 0.15) is 0 Å². The van der Waals surface area contributed by atoms with Crippen molar-refractivity contribution in [3.05, 3.63) is 24.2 Å². The maximum absolute atomic E-state index is 12.0. The molecule has 1 aromatic heterocycles. The first kappa shape index (κ1) is 12.7. The number of aryl methyl sites for hydroxylation is 1. The molecule has 1 N–H and O–H groups in total. The van der Waals surface area contributed by atoms with Gasteiger partial charge in [-0.2, -0.15) is 0 Å². The zero-order valence-electron chi connectivity index (χ0n) is 9.91. The van der Waals surface area contributed by atoms with E-state index in [9.17, 15) is 4.39 Å². The lowest BCUT2D eigenvalue weighted by atomic mass is 10.3. The molecule has 0 aliphatic heterocycles. The molecule has 16 heavy (non-hydrogen) atoms. The summed E-state index contributed by atoms with van der Waals surface area (Å²) in [4.78, 5) is 0. The van der Waals surface area contributed by atoms with E-state index >= 15 is 0 Å². The van der Waals surface area contributed by atoms with Gasteiger partial charge < -0.3 is 5.32 Å². The van der Waals surface area contributed by atoms with Crippen molar-refractivity contribution < 1.29 is 4.39 Å². The third-order valence-corrected chi connectivity index (χ3v) is 2.00. The van der Waals surface area contributed by atoms with Crippen LogP contribution in [0.4, 0.5) is 4.39 Å². The van der Waals surface area contributed by atoms with Crippen LogP contribution in [0.25, 0.3) is 0 Å². The van der Waals surface area contributed by atoms with Gasteiger partial charge in [0.05, 0.1) is 18.9 Å². The van der Waals surface area contributed by atoms with Crippen LogP contribution < -0.4 is 5.32 Å². The number of allylic oxidation sites excluding steroid dienone is 1. The molecule has 5 heteroatoms. The summed E-state index contributed by atoms with van der Waals surface area (Å²) in [5.41, 5.74) is 1.73. The normalized spacial score (nSPS) is 10.8. The van der Waals surface area contributed by atoms with Gasteiger partial charge in [-0.3, -0.25) is 4.39 Å². The molecule has 0 fully saturated rings. The van der Waals surface area contributed by atoms with Crippen molar-refractivity contribution >= 4 is 0 Å². The van der Waals surface area contributed by atoms with Gasteiger partial charge in [0, 0.05) is 17.9 Å². The zero-order chi connectivity index (χ0) is 12.0. The van der Waals surface area contributed by atoms with Crippen molar-refractivity contribution in [1.82, 2.24) is 20.3 Å². The highest BCUT2D eigenvalue weighted by atomic mass is 18.2. The summed E-state index contributed by atoms with van der Waals surface area (Å²) in [6.45, 7) is 8.30. The van der Waals surface area contributed by atoms with Gasteiger partial charge in [-0.15, -0.1) is 5.10 Å². The van der Waals surface area contributed by atoms with E-state index in [0.29, 0.717) is 25.4 Å². The Bertz CT molecular complexity index is 332. The van der Waals surface area contributed by atoms with E-state index in [2.05, 4.69) is 36.1 Å². The molecule has 0 atom stereocenters. The number of nitrogens with one attached hydrogen (secondary N) is 1. The highest BCUT2D eigenvalue weighted by Gasteiger charge is 2.02. The molecule has 1 rings (SSSR count). The summed E-state index contributed by atoms with van der Waals surface area (Å²) in [5.74, 6) is 0. The highest BCUT2D eigenvalue weighted by molar-refractivity contribution is 4.97. The summed E-state index contributed by atoms with van der Waals surface area (Å²) in [5, 5.41) is 11.1. The van der Waals surface area contributed by atoms with Crippen LogP contribution in [0.5, 0.6) is 0 Å². The maximum Gasteiger partial charge on any atom is 0.0898 e. The lowest BCUT2D eigenvalue weighted by Crippen LogP contribution is -2.24. The van der Waals surface area contributed by atoms with Crippen molar-refractivity contribution in [2.45, 2.75) is 39.3 Å². The summed E-state index contributed by atoms with van der Waals surface area (Å²) in [6, 6.07) is 0.363. The summed E-state index contributed by atoms with van der Waals surface area (Å²) in [6.07, 6.45) is 2.98. The van der Waals surface area contributed by atoms with Crippen LogP contribution in [0.15, 0.2) is 18.5 Å². The summed E-state index contributed by atoms with van der Waals surface area (Å²) in [7, 11) is 0. The van der Waals surface area contributed by atoms with Crippen LogP contribution in [0.2, 0.25) is 0 Å². The summed E-state index contributed by atoms with van der Waals surface area (Å²) < 4.78 is 13.7. The molecule has 1 heterocycles. The van der Waals surface area contributed by atoms with Crippen molar-refractivity contribution in [3.63, 3.8) is 0 Å². The van der Waals surface area contributed by atoms with Crippen molar-refractivity contribution in [2.24, 2.45) is 0 Å². The predicted octanol–water partition coefficient (Wildman–Crippen LogP) is 1.69. The molecule has 0 radical (unpaired) electrons. The Kier molecular flexibility index (Phi) is 4.95. The van der Waals surface area contributed by atoms with Gasteiger partial charge in [0.2, 0.25) is 0 Å². The van der Waals surface area contributed by atoms with Crippen molar-refractivity contribution in [1.29, 1.82) is 0 Å². The number of hydrogen-bond acceptors (Lipinski definition) is 3. The largest absolute Gasteiger partial charge is 0.385 e. The van der Waals surface area contributed by atoms with E-state index < -0.39 is 0 Å². The fraction of sp³-hybridized carbons (Fsp3) is 0.636. The maximum atomic E-state index is 12.0. The van der Waals surface area contributed by atoms with Crippen LogP contribution in [0, 0.1) is 0 Å². The SMILES string of the molecule is C=C(Cn1cc(CCC[18F])nn1)NC(C)C. The third-order valence-electron chi connectivity index (χ3n) is 2.00. The minimum Gasteiger partial charge on any atom is -0.385 e. The zero-order valence-corrected chi connectivity index (χ0v) is 9.91. The van der Waals surface area contributed by atoms with Gasteiger partial charge >= 0.3 is 0 Å². The second kappa shape index (κ2) is 6.25. The Labute approximate surface area is 95.5 Å². The number of halogens is 1. The molecule has 0 amide bonds. The lowest BCUT2D eigenvalue weighted by Gasteiger charge is -2.11. The van der Waals surface area contributed by atoms with Gasteiger partial charge in [-0.1, -0.05) is 11.8 Å². The molecular formula is C11H19FN4. The standard InChI is InChI=1S/C11H19FN4/c1-9(2)13-10(3)7-16-8-11(14-15-16)5-4-6-12/h8-9,13H,3-7H2,1-2H3/i12-1. The smallest absolute Gasteiger partial charge is 0.0898 e. The number of rotatable bonds is 7. The molecule has 4 nitrogen and oxygen atoms in total. The Morgan fingerprint density at radius 1 is 1.62 bits per heavy atom. The van der Waals surface area contributed by atoms with Crippen molar-refractivity contribution in [2.75, 3.05) is 6.67 Å². The van der Waals surface area contributed by atoms with Crippen LogP contribution in [0.3, 0.4) is 0 Å². The van der Waals surface area contributed by atoms with Gasteiger partial charge in [-0.05, 0) is 26.7 Å². The predicted molar refractivity (Wildman–Crippen MR) is 61.7 cm³/mol. The molecule has 1 aromatic rings. The van der Waals surface area contributed by atoms with Gasteiger partial charge in [0.15, 0.2) is 0 Å². The first-order chi connectivity index (χ1) is 7.61. The van der Waals surface area contributed by atoms with E-state index in [4.69, 9.17) is 0 Å². The Balaban J connectivity index is 2.42. The van der Waals surface area contributed by atoms with E-state index in [0.717, 1.165) is 11.4 Å². The number of nitrogens with zero attached hydrogens (tertiary/aromatic N) is 3. The number of aromatic nitrogens is 3. The van der Waals surface area contributed by atoms with Crippen LogP contribution in [-0.2, 0) is 13.0 Å². The Morgan fingerprint density at radius 3 is 3.00 bits per heavy atom. The quantitative estimate of drug-likeness (QED) is 0.768. The Hall–Kier alpha value is -1.39.